The lowest BCUT2D eigenvalue weighted by Crippen LogP contribution is -2.27. The maximum Gasteiger partial charge on any atom is 0.261 e. The molecule has 0 fully saturated rings. The van der Waals surface area contributed by atoms with Gasteiger partial charge in [-0.1, -0.05) is 46.3 Å². The molecule has 0 atom stereocenters. The van der Waals surface area contributed by atoms with E-state index in [0.717, 1.165) is 10.0 Å². The van der Waals surface area contributed by atoms with Crippen molar-refractivity contribution >= 4 is 38.4 Å². The van der Waals surface area contributed by atoms with Crippen LogP contribution in [0, 0.1) is 0 Å². The van der Waals surface area contributed by atoms with Crippen LogP contribution in [0.15, 0.2) is 76.5 Å². The maximum atomic E-state index is 12.6. The van der Waals surface area contributed by atoms with Crippen molar-refractivity contribution in [3.63, 3.8) is 0 Å². The van der Waals surface area contributed by atoms with Gasteiger partial charge in [0.2, 0.25) is 5.91 Å². The number of hydrogen-bond donors (Lipinski definition) is 1. The molecule has 2 aromatic carbocycles. The van der Waals surface area contributed by atoms with E-state index >= 15 is 0 Å². The normalized spacial score (nSPS) is 10.9. The van der Waals surface area contributed by atoms with Crippen LogP contribution < -0.4 is 10.9 Å². The molecule has 4 aromatic rings. The Kier molecular flexibility index (Phi) is 5.03. The van der Waals surface area contributed by atoms with Gasteiger partial charge < -0.3 is 5.32 Å². The molecule has 0 unspecified atom stereocenters. The first-order valence-corrected chi connectivity index (χ1v) is 9.39. The van der Waals surface area contributed by atoms with Crippen LogP contribution in [0.5, 0.6) is 0 Å². The number of fused-ring (bicyclic) bond motifs is 1. The summed E-state index contributed by atoms with van der Waals surface area (Å²) in [5.74, 6) is -0.322. The Morgan fingerprint density at radius 1 is 1.14 bits per heavy atom. The minimum atomic E-state index is -0.322. The van der Waals surface area contributed by atoms with Gasteiger partial charge in [-0.3, -0.25) is 18.8 Å². The molecule has 0 aliphatic rings. The summed E-state index contributed by atoms with van der Waals surface area (Å²) in [5, 5.41) is 7.48. The Morgan fingerprint density at radius 3 is 2.79 bits per heavy atom. The molecule has 140 valence electrons. The topological polar surface area (TPSA) is 81.8 Å². The standard InChI is InChI=1S/C20H16BrN5O2/c21-15-6-7-18-17(8-15)20(28)25(13-22-18)12-19(27)24-16-9-23-26(11-16)10-14-4-2-1-3-5-14/h1-9,11,13H,10,12H2,(H,24,27). The highest BCUT2D eigenvalue weighted by Gasteiger charge is 2.10. The van der Waals surface area contributed by atoms with Gasteiger partial charge in [0.1, 0.15) is 6.54 Å². The zero-order chi connectivity index (χ0) is 19.5. The molecule has 1 amide bonds. The van der Waals surface area contributed by atoms with Crippen molar-refractivity contribution in [1.29, 1.82) is 0 Å². The second-order valence-electron chi connectivity index (χ2n) is 6.30. The monoisotopic (exact) mass is 437 g/mol. The Hall–Kier alpha value is -3.26. The number of amides is 1. The van der Waals surface area contributed by atoms with E-state index in [-0.39, 0.29) is 18.0 Å². The fourth-order valence-corrected chi connectivity index (χ4v) is 3.25. The Balaban J connectivity index is 1.46. The van der Waals surface area contributed by atoms with E-state index in [9.17, 15) is 9.59 Å². The fourth-order valence-electron chi connectivity index (χ4n) is 2.88. The van der Waals surface area contributed by atoms with E-state index in [4.69, 9.17) is 0 Å². The number of aromatic nitrogens is 4. The molecule has 4 rings (SSSR count). The number of carbonyl (C=O) groups excluding carboxylic acids is 1. The molecule has 0 radical (unpaired) electrons. The largest absolute Gasteiger partial charge is 0.322 e. The first-order chi connectivity index (χ1) is 13.6. The third-order valence-electron chi connectivity index (χ3n) is 4.20. The number of benzene rings is 2. The molecule has 0 aliphatic carbocycles. The number of nitrogens with zero attached hydrogens (tertiary/aromatic N) is 4. The van der Waals surface area contributed by atoms with Crippen LogP contribution in [0.1, 0.15) is 5.56 Å². The highest BCUT2D eigenvalue weighted by molar-refractivity contribution is 9.10. The number of carbonyl (C=O) groups is 1. The molecular weight excluding hydrogens is 422 g/mol. The van der Waals surface area contributed by atoms with Gasteiger partial charge in [0.25, 0.3) is 5.56 Å². The van der Waals surface area contributed by atoms with E-state index in [2.05, 4.69) is 31.3 Å². The number of rotatable bonds is 5. The summed E-state index contributed by atoms with van der Waals surface area (Å²) in [7, 11) is 0. The van der Waals surface area contributed by atoms with Crippen LogP contribution in [-0.4, -0.2) is 25.2 Å². The van der Waals surface area contributed by atoms with Crippen molar-refractivity contribution in [2.24, 2.45) is 0 Å². The van der Waals surface area contributed by atoms with Gasteiger partial charge in [-0.15, -0.1) is 0 Å². The van der Waals surface area contributed by atoms with Crippen LogP contribution >= 0.6 is 15.9 Å². The number of nitrogens with one attached hydrogen (secondary N) is 1. The fraction of sp³-hybridized carbons (Fsp3) is 0.100. The number of anilines is 1. The molecule has 0 bridgehead atoms. The van der Waals surface area contributed by atoms with E-state index < -0.39 is 0 Å². The average Bonchev–Trinajstić information content (AvgIpc) is 3.12. The summed E-state index contributed by atoms with van der Waals surface area (Å²) < 4.78 is 3.82. The van der Waals surface area contributed by atoms with Gasteiger partial charge in [0.15, 0.2) is 0 Å². The molecule has 28 heavy (non-hydrogen) atoms. The van der Waals surface area contributed by atoms with Gasteiger partial charge in [-0.05, 0) is 23.8 Å². The van der Waals surface area contributed by atoms with Crippen LogP contribution in [-0.2, 0) is 17.9 Å². The predicted molar refractivity (Wildman–Crippen MR) is 110 cm³/mol. The zero-order valence-electron chi connectivity index (χ0n) is 14.7. The van der Waals surface area contributed by atoms with E-state index in [1.807, 2.05) is 36.4 Å². The Morgan fingerprint density at radius 2 is 1.96 bits per heavy atom. The highest BCUT2D eigenvalue weighted by atomic mass is 79.9. The number of hydrogen-bond acceptors (Lipinski definition) is 4. The van der Waals surface area contributed by atoms with E-state index in [1.165, 1.54) is 10.9 Å². The molecule has 0 saturated carbocycles. The molecule has 7 nitrogen and oxygen atoms in total. The summed E-state index contributed by atoms with van der Waals surface area (Å²) in [6.45, 7) is 0.484. The average molecular weight is 438 g/mol. The lowest BCUT2D eigenvalue weighted by Gasteiger charge is -2.07. The molecule has 8 heteroatoms. The van der Waals surface area contributed by atoms with Gasteiger partial charge >= 0.3 is 0 Å². The molecule has 1 N–H and O–H groups in total. The minimum absolute atomic E-state index is 0.127. The maximum absolute atomic E-state index is 12.6. The zero-order valence-corrected chi connectivity index (χ0v) is 16.3. The van der Waals surface area contributed by atoms with Crippen molar-refractivity contribution < 1.29 is 4.79 Å². The molecule has 2 aromatic heterocycles. The van der Waals surface area contributed by atoms with Crippen molar-refractivity contribution in [1.82, 2.24) is 19.3 Å². The van der Waals surface area contributed by atoms with Gasteiger partial charge in [-0.2, -0.15) is 5.10 Å². The third kappa shape index (κ3) is 4.01. The van der Waals surface area contributed by atoms with Crippen LogP contribution in [0.4, 0.5) is 5.69 Å². The highest BCUT2D eigenvalue weighted by Crippen LogP contribution is 2.15. The minimum Gasteiger partial charge on any atom is -0.322 e. The molecule has 0 aliphatic heterocycles. The van der Waals surface area contributed by atoms with Gasteiger partial charge in [-0.25, -0.2) is 4.98 Å². The first-order valence-electron chi connectivity index (χ1n) is 8.59. The van der Waals surface area contributed by atoms with Crippen LogP contribution in [0.3, 0.4) is 0 Å². The van der Waals surface area contributed by atoms with Crippen molar-refractivity contribution in [3.05, 3.63) is 87.6 Å². The second kappa shape index (κ2) is 7.77. The van der Waals surface area contributed by atoms with Gasteiger partial charge in [0, 0.05) is 10.7 Å². The molecule has 2 heterocycles. The summed E-state index contributed by atoms with van der Waals surface area (Å²) in [6.07, 6.45) is 4.72. The SMILES string of the molecule is O=C(Cn1cnc2ccc(Br)cc2c1=O)Nc1cnn(Cc2ccccc2)c1. The number of halogens is 1. The van der Waals surface area contributed by atoms with E-state index in [0.29, 0.717) is 23.1 Å². The smallest absolute Gasteiger partial charge is 0.261 e. The Labute approximate surface area is 168 Å². The first kappa shape index (κ1) is 18.1. The van der Waals surface area contributed by atoms with E-state index in [1.54, 1.807) is 29.2 Å². The second-order valence-corrected chi connectivity index (χ2v) is 7.22. The van der Waals surface area contributed by atoms with Crippen molar-refractivity contribution in [3.8, 4) is 0 Å². The lowest BCUT2D eigenvalue weighted by atomic mass is 10.2. The third-order valence-corrected chi connectivity index (χ3v) is 4.70. The summed E-state index contributed by atoms with van der Waals surface area (Å²) in [5.41, 5.74) is 2.02. The Bertz CT molecular complexity index is 1200. The van der Waals surface area contributed by atoms with Crippen molar-refractivity contribution in [2.75, 3.05) is 5.32 Å². The van der Waals surface area contributed by atoms with Gasteiger partial charge in [0.05, 0.1) is 35.7 Å². The lowest BCUT2D eigenvalue weighted by molar-refractivity contribution is -0.116. The molecule has 0 spiro atoms. The van der Waals surface area contributed by atoms with Crippen LogP contribution in [0.2, 0.25) is 0 Å². The van der Waals surface area contributed by atoms with Crippen molar-refractivity contribution in [2.45, 2.75) is 13.1 Å². The summed E-state index contributed by atoms with van der Waals surface area (Å²) in [6, 6.07) is 15.2. The summed E-state index contributed by atoms with van der Waals surface area (Å²) in [4.78, 5) is 29.2. The van der Waals surface area contributed by atoms with Crippen LogP contribution in [0.25, 0.3) is 10.9 Å². The summed E-state index contributed by atoms with van der Waals surface area (Å²) >= 11 is 3.35. The molecular formula is C20H16BrN5O2. The predicted octanol–water partition coefficient (Wildman–Crippen LogP) is 3.04. The quantitative estimate of drug-likeness (QED) is 0.520. The molecule has 0 saturated heterocycles.